The monoisotopic (exact) mass is 579 g/mol. The minimum absolute atomic E-state index is 0.0154. The minimum atomic E-state index is -2.53. The molecule has 2 N–H and O–H groups in total. The van der Waals surface area contributed by atoms with E-state index in [9.17, 15) is 18.7 Å². The van der Waals surface area contributed by atoms with Gasteiger partial charge in [-0.15, -0.1) is 6.58 Å². The van der Waals surface area contributed by atoms with Crippen molar-refractivity contribution in [1.29, 1.82) is 0 Å². The van der Waals surface area contributed by atoms with Crippen LogP contribution in [0.15, 0.2) is 54.2 Å². The minimum Gasteiger partial charge on any atom is -0.384 e. The molecule has 42 heavy (non-hydrogen) atoms. The Morgan fingerprint density at radius 1 is 1.17 bits per heavy atom. The number of anilines is 2. The number of piperidine rings is 1. The Morgan fingerprint density at radius 3 is 2.64 bits per heavy atom. The summed E-state index contributed by atoms with van der Waals surface area (Å²) in [6, 6.07) is 5.38. The third-order valence-corrected chi connectivity index (χ3v) is 8.18. The Hall–Kier alpha value is -3.97. The van der Waals surface area contributed by atoms with E-state index in [0.29, 0.717) is 34.7 Å². The van der Waals surface area contributed by atoms with Crippen LogP contribution in [0, 0.1) is 0 Å². The van der Waals surface area contributed by atoms with Crippen molar-refractivity contribution in [2.45, 2.75) is 76.1 Å². The fourth-order valence-electron chi connectivity index (χ4n) is 5.98. The number of nitrogens with one attached hydrogen (secondary N) is 1. The van der Waals surface area contributed by atoms with Crippen LogP contribution in [0.1, 0.15) is 57.7 Å². The van der Waals surface area contributed by atoms with Crippen LogP contribution >= 0.6 is 0 Å². The van der Waals surface area contributed by atoms with Crippen LogP contribution in [-0.4, -0.2) is 69.2 Å². The fraction of sp³-hybridized carbons (Fsp3) is 0.483. The van der Waals surface area contributed by atoms with E-state index < -0.39 is 11.5 Å². The summed E-state index contributed by atoms with van der Waals surface area (Å²) in [5, 5.41) is 18.6. The predicted octanol–water partition coefficient (Wildman–Crippen LogP) is 4.16. The highest BCUT2D eigenvalue weighted by Crippen LogP contribution is 2.39. The van der Waals surface area contributed by atoms with E-state index in [1.54, 1.807) is 49.0 Å². The molecule has 222 valence electrons. The van der Waals surface area contributed by atoms with Gasteiger partial charge in [-0.3, -0.25) is 9.48 Å². The number of nitrogens with zero attached hydrogens (tertiary/aromatic N) is 8. The Balaban J connectivity index is 1.23. The summed E-state index contributed by atoms with van der Waals surface area (Å²) >= 11 is 0. The molecular weight excluding hydrogens is 544 g/mol. The first-order valence-electron chi connectivity index (χ1n) is 14.3. The second kappa shape index (κ2) is 10.7. The van der Waals surface area contributed by atoms with Crippen molar-refractivity contribution in [3.8, 4) is 5.82 Å². The van der Waals surface area contributed by atoms with Crippen molar-refractivity contribution >= 4 is 22.7 Å². The fourth-order valence-corrected chi connectivity index (χ4v) is 5.98. The maximum Gasteiger partial charge on any atom is 0.278 e. The second-order valence-electron chi connectivity index (χ2n) is 11.7. The molecular formula is C29H35F2N9O2. The highest BCUT2D eigenvalue weighted by Gasteiger charge is 2.42. The number of fused-ring (bicyclic) bond motifs is 1. The van der Waals surface area contributed by atoms with Crippen LogP contribution in [0.2, 0.25) is 0 Å². The predicted molar refractivity (Wildman–Crippen MR) is 154 cm³/mol. The summed E-state index contributed by atoms with van der Waals surface area (Å²) in [5.74, 6) is -1.83. The molecule has 0 amide bonds. The number of pyridine rings is 1. The summed E-state index contributed by atoms with van der Waals surface area (Å²) in [6.45, 7) is 8.84. The number of allylic oxidation sites excluding steroid dienone is 1. The summed E-state index contributed by atoms with van der Waals surface area (Å²) in [7, 11) is 0. The Bertz CT molecular complexity index is 1660. The standard InChI is InChI=1S/C29H35F2N9O2/c1-4-12-39-26(41)22-17-32-27(36-25(22)40(39)24-7-5-6-23(35-24)28(2,3)42)34-19-16-33-38(18-19)20-9-13-37(14-10-20)21-8-11-29(30,31)15-21/h4-7,16-18,20-21,42H,1,8-15H2,2-3H3,(H,32,34,36). The molecule has 1 saturated carbocycles. The smallest absolute Gasteiger partial charge is 0.278 e. The van der Waals surface area contributed by atoms with Gasteiger partial charge in [0, 0.05) is 44.4 Å². The quantitative estimate of drug-likeness (QED) is 0.299. The third-order valence-electron chi connectivity index (χ3n) is 8.18. The zero-order valence-corrected chi connectivity index (χ0v) is 23.7. The van der Waals surface area contributed by atoms with Crippen LogP contribution in [0.4, 0.5) is 20.4 Å². The zero-order chi connectivity index (χ0) is 29.6. The molecule has 0 radical (unpaired) electrons. The van der Waals surface area contributed by atoms with Crippen LogP contribution in [0.5, 0.6) is 0 Å². The molecule has 1 atom stereocenters. The molecule has 6 rings (SSSR count). The van der Waals surface area contributed by atoms with Gasteiger partial charge < -0.3 is 15.3 Å². The van der Waals surface area contributed by atoms with Crippen LogP contribution in [0.25, 0.3) is 16.9 Å². The lowest BCUT2D eigenvalue weighted by Gasteiger charge is -2.36. The number of likely N-dealkylation sites (tertiary alicyclic amines) is 1. The van der Waals surface area contributed by atoms with Crippen LogP contribution in [-0.2, 0) is 12.1 Å². The van der Waals surface area contributed by atoms with Gasteiger partial charge in [-0.1, -0.05) is 12.1 Å². The number of aliphatic hydroxyl groups is 1. The van der Waals surface area contributed by atoms with Crippen molar-refractivity contribution in [2.24, 2.45) is 0 Å². The second-order valence-corrected chi connectivity index (χ2v) is 11.7. The van der Waals surface area contributed by atoms with Gasteiger partial charge in [0.25, 0.3) is 5.56 Å². The Labute approximate surface area is 241 Å². The van der Waals surface area contributed by atoms with Crippen LogP contribution < -0.4 is 10.9 Å². The van der Waals surface area contributed by atoms with Gasteiger partial charge in [-0.05, 0) is 45.2 Å². The molecule has 2 aliphatic rings. The molecule has 0 spiro atoms. The van der Waals surface area contributed by atoms with Gasteiger partial charge in [-0.25, -0.2) is 28.1 Å². The molecule has 13 heteroatoms. The number of hydrogen-bond acceptors (Lipinski definition) is 8. The van der Waals surface area contributed by atoms with E-state index in [-0.39, 0.29) is 43.0 Å². The molecule has 1 unspecified atom stereocenters. The largest absolute Gasteiger partial charge is 0.384 e. The lowest BCUT2D eigenvalue weighted by Crippen LogP contribution is -2.41. The van der Waals surface area contributed by atoms with Gasteiger partial charge in [0.15, 0.2) is 11.5 Å². The van der Waals surface area contributed by atoms with Gasteiger partial charge >= 0.3 is 0 Å². The maximum atomic E-state index is 13.7. The van der Waals surface area contributed by atoms with E-state index >= 15 is 0 Å². The SMILES string of the molecule is C=CCn1c(=O)c2cnc(Nc3cnn(C4CCN(C5CCC(F)(F)C5)CC4)c3)nc2n1-c1cccc(C(C)(C)O)n1. The number of aromatic nitrogens is 7. The van der Waals surface area contributed by atoms with Crippen molar-refractivity contribution < 1.29 is 13.9 Å². The van der Waals surface area contributed by atoms with Gasteiger partial charge in [0.2, 0.25) is 11.9 Å². The number of halogens is 2. The number of rotatable bonds is 8. The molecule has 2 fully saturated rings. The van der Waals surface area contributed by atoms with Crippen molar-refractivity contribution in [1.82, 2.24) is 39.0 Å². The number of hydrogen-bond donors (Lipinski definition) is 2. The number of alkyl halides is 2. The summed E-state index contributed by atoms with van der Waals surface area (Å²) in [6.07, 6.45) is 8.87. The average Bonchev–Trinajstić information content (AvgIpc) is 3.65. The lowest BCUT2D eigenvalue weighted by atomic mass is 10.0. The van der Waals surface area contributed by atoms with Gasteiger partial charge in [0.05, 0.1) is 30.2 Å². The van der Waals surface area contributed by atoms with Gasteiger partial charge in [0.1, 0.15) is 11.0 Å². The molecule has 1 saturated heterocycles. The van der Waals surface area contributed by atoms with Crippen molar-refractivity contribution in [2.75, 3.05) is 18.4 Å². The highest BCUT2D eigenvalue weighted by molar-refractivity contribution is 5.77. The van der Waals surface area contributed by atoms with E-state index in [1.807, 2.05) is 10.9 Å². The molecule has 11 nitrogen and oxygen atoms in total. The Morgan fingerprint density at radius 2 is 1.95 bits per heavy atom. The summed E-state index contributed by atoms with van der Waals surface area (Å²) in [4.78, 5) is 29.1. The normalized spacial score (nSPS) is 19.9. The summed E-state index contributed by atoms with van der Waals surface area (Å²) < 4.78 is 32.4. The van der Waals surface area contributed by atoms with Crippen molar-refractivity contribution in [3.63, 3.8) is 0 Å². The molecule has 0 aromatic carbocycles. The molecule has 5 heterocycles. The van der Waals surface area contributed by atoms with Crippen molar-refractivity contribution in [3.05, 3.63) is 65.5 Å². The lowest BCUT2D eigenvalue weighted by molar-refractivity contribution is -0.00143. The first-order valence-corrected chi connectivity index (χ1v) is 14.3. The molecule has 1 aliphatic heterocycles. The molecule has 4 aromatic heterocycles. The molecule has 4 aromatic rings. The van der Waals surface area contributed by atoms with E-state index in [1.165, 1.54) is 10.9 Å². The summed E-state index contributed by atoms with van der Waals surface area (Å²) in [5.41, 5.74) is 0.0381. The third kappa shape index (κ3) is 5.45. The zero-order valence-electron chi connectivity index (χ0n) is 23.7. The van der Waals surface area contributed by atoms with Crippen LogP contribution in [0.3, 0.4) is 0 Å². The van der Waals surface area contributed by atoms with E-state index in [0.717, 1.165) is 25.9 Å². The van der Waals surface area contributed by atoms with Gasteiger partial charge in [-0.2, -0.15) is 10.1 Å². The Kier molecular flexibility index (Phi) is 7.17. The molecule has 0 bridgehead atoms. The maximum absolute atomic E-state index is 13.7. The van der Waals surface area contributed by atoms with E-state index in [2.05, 4.69) is 36.8 Å². The van der Waals surface area contributed by atoms with E-state index in [4.69, 9.17) is 0 Å². The first-order chi connectivity index (χ1) is 20.0. The first kappa shape index (κ1) is 28.2. The molecule has 1 aliphatic carbocycles. The highest BCUT2D eigenvalue weighted by atomic mass is 19.3. The topological polar surface area (TPSA) is 119 Å². The average molecular weight is 580 g/mol.